The van der Waals surface area contributed by atoms with Crippen molar-refractivity contribution in [3.8, 4) is 5.75 Å². The van der Waals surface area contributed by atoms with Gasteiger partial charge in [0.05, 0.1) is 28.6 Å². The summed E-state index contributed by atoms with van der Waals surface area (Å²) in [5.74, 6) is -0.441. The lowest BCUT2D eigenvalue weighted by molar-refractivity contribution is -0.274. The van der Waals surface area contributed by atoms with Crippen LogP contribution in [0.1, 0.15) is 5.56 Å². The van der Waals surface area contributed by atoms with Crippen molar-refractivity contribution in [2.24, 2.45) is 0 Å². The van der Waals surface area contributed by atoms with Gasteiger partial charge in [0, 0.05) is 16.1 Å². The maximum absolute atomic E-state index is 13.4. The molecule has 0 saturated heterocycles. The van der Waals surface area contributed by atoms with E-state index in [9.17, 15) is 18.0 Å². The zero-order valence-electron chi connectivity index (χ0n) is 16.0. The molecule has 2 heterocycles. The summed E-state index contributed by atoms with van der Waals surface area (Å²) >= 11 is 12.3. The molecule has 0 N–H and O–H groups in total. The van der Waals surface area contributed by atoms with E-state index < -0.39 is 17.7 Å². The Hall–Kier alpha value is -3.23. The number of para-hydroxylation sites is 2. The van der Waals surface area contributed by atoms with Gasteiger partial charge in [-0.1, -0.05) is 41.4 Å². The van der Waals surface area contributed by atoms with E-state index in [1.807, 2.05) is 0 Å². The molecule has 3 aromatic carbocycles. The highest BCUT2D eigenvalue weighted by Gasteiger charge is 2.31. The van der Waals surface area contributed by atoms with Crippen molar-refractivity contribution in [1.29, 1.82) is 0 Å². The number of halogens is 5. The molecule has 0 bridgehead atoms. The van der Waals surface area contributed by atoms with Crippen LogP contribution in [0.25, 0.3) is 27.7 Å². The van der Waals surface area contributed by atoms with Gasteiger partial charge in [0.2, 0.25) is 5.65 Å². The number of fused-ring (bicyclic) bond motifs is 5. The van der Waals surface area contributed by atoms with Crippen molar-refractivity contribution in [3.63, 3.8) is 0 Å². The van der Waals surface area contributed by atoms with Gasteiger partial charge in [-0.05, 0) is 42.0 Å². The molecule has 0 aliphatic rings. The predicted molar refractivity (Wildman–Crippen MR) is 117 cm³/mol. The summed E-state index contributed by atoms with van der Waals surface area (Å²) in [4.78, 5) is 17.9. The van der Waals surface area contributed by atoms with Crippen LogP contribution >= 0.6 is 23.2 Å². The van der Waals surface area contributed by atoms with Crippen LogP contribution in [0, 0.1) is 0 Å². The Morgan fingerprint density at radius 2 is 1.72 bits per heavy atom. The highest BCUT2D eigenvalue weighted by atomic mass is 35.5. The molecule has 0 aliphatic heterocycles. The number of benzene rings is 3. The lowest BCUT2D eigenvalue weighted by atomic mass is 10.2. The van der Waals surface area contributed by atoms with Gasteiger partial charge in [0.1, 0.15) is 5.75 Å². The second-order valence-electron chi connectivity index (χ2n) is 7.08. The first-order valence-corrected chi connectivity index (χ1v) is 10.1. The van der Waals surface area contributed by atoms with Crippen molar-refractivity contribution in [1.82, 2.24) is 14.0 Å². The predicted octanol–water partition coefficient (Wildman–Crippen LogP) is 6.06. The smallest absolute Gasteiger partial charge is 0.406 e. The van der Waals surface area contributed by atoms with Gasteiger partial charge in [-0.15, -0.1) is 13.2 Å². The van der Waals surface area contributed by atoms with Crippen LogP contribution in [0.3, 0.4) is 0 Å². The second kappa shape index (κ2) is 7.43. The third-order valence-corrected chi connectivity index (χ3v) is 5.64. The van der Waals surface area contributed by atoms with Crippen LogP contribution < -0.4 is 10.3 Å². The van der Waals surface area contributed by atoms with E-state index in [0.29, 0.717) is 32.2 Å². The molecule has 5 nitrogen and oxygen atoms in total. The first-order valence-electron chi connectivity index (χ1n) is 9.35. The highest BCUT2D eigenvalue weighted by molar-refractivity contribution is 6.35. The van der Waals surface area contributed by atoms with Crippen molar-refractivity contribution in [3.05, 3.63) is 86.6 Å². The number of nitrogens with zero attached hydrogens (tertiary/aromatic N) is 3. The molecule has 0 amide bonds. The number of rotatable bonds is 3. The van der Waals surface area contributed by atoms with Gasteiger partial charge < -0.3 is 4.74 Å². The SMILES string of the molecule is O=c1c2nc3ccccc3n2c2ccc(OC(F)(F)F)cc2n1Cc1ccc(Cl)cc1Cl. The van der Waals surface area contributed by atoms with Crippen molar-refractivity contribution in [2.75, 3.05) is 0 Å². The van der Waals surface area contributed by atoms with E-state index in [1.165, 1.54) is 28.8 Å². The molecule has 0 fully saturated rings. The molecule has 0 radical (unpaired) electrons. The molecule has 5 aromatic rings. The Kier molecular flexibility index (Phi) is 4.79. The molecule has 0 unspecified atom stereocenters. The van der Waals surface area contributed by atoms with E-state index in [2.05, 4.69) is 9.72 Å². The minimum atomic E-state index is -4.87. The van der Waals surface area contributed by atoms with Gasteiger partial charge in [0.15, 0.2) is 0 Å². The zero-order chi connectivity index (χ0) is 22.6. The van der Waals surface area contributed by atoms with Crippen LogP contribution in [0.4, 0.5) is 13.2 Å². The fourth-order valence-corrected chi connectivity index (χ4v) is 4.19. The number of ether oxygens (including phenoxy) is 1. The van der Waals surface area contributed by atoms with Gasteiger partial charge in [-0.2, -0.15) is 0 Å². The van der Waals surface area contributed by atoms with Crippen LogP contribution in [-0.4, -0.2) is 20.3 Å². The Balaban J connectivity index is 1.84. The number of alkyl halides is 3. The second-order valence-corrected chi connectivity index (χ2v) is 7.93. The number of imidazole rings is 1. The molecular formula is C22H12Cl2F3N3O2. The van der Waals surface area contributed by atoms with Gasteiger partial charge in [-0.3, -0.25) is 13.8 Å². The molecule has 0 saturated carbocycles. The molecule has 10 heteroatoms. The number of hydrogen-bond acceptors (Lipinski definition) is 3. The van der Waals surface area contributed by atoms with Crippen LogP contribution in [0.5, 0.6) is 5.75 Å². The first-order chi connectivity index (χ1) is 15.2. The summed E-state index contributed by atoms with van der Waals surface area (Å²) in [5.41, 5.74) is 2.21. The molecule has 0 spiro atoms. The summed E-state index contributed by atoms with van der Waals surface area (Å²) in [6.07, 6.45) is -4.87. The lowest BCUT2D eigenvalue weighted by Gasteiger charge is -2.15. The Labute approximate surface area is 188 Å². The van der Waals surface area contributed by atoms with Crippen LogP contribution in [0.2, 0.25) is 10.0 Å². The topological polar surface area (TPSA) is 48.5 Å². The van der Waals surface area contributed by atoms with E-state index in [1.54, 1.807) is 40.8 Å². The van der Waals surface area contributed by atoms with E-state index >= 15 is 0 Å². The molecule has 0 aliphatic carbocycles. The number of hydrogen-bond donors (Lipinski definition) is 0. The molecule has 2 aromatic heterocycles. The zero-order valence-corrected chi connectivity index (χ0v) is 17.5. The van der Waals surface area contributed by atoms with Crippen LogP contribution in [-0.2, 0) is 6.54 Å². The lowest BCUT2D eigenvalue weighted by Crippen LogP contribution is -2.24. The Morgan fingerprint density at radius 1 is 0.938 bits per heavy atom. The van der Waals surface area contributed by atoms with Crippen molar-refractivity contribution < 1.29 is 17.9 Å². The van der Waals surface area contributed by atoms with E-state index in [-0.39, 0.29) is 17.7 Å². The monoisotopic (exact) mass is 477 g/mol. The summed E-state index contributed by atoms with van der Waals surface area (Å²) in [6.45, 7) is 0.000508. The highest BCUT2D eigenvalue weighted by Crippen LogP contribution is 2.29. The minimum absolute atomic E-state index is 0.000508. The third-order valence-electron chi connectivity index (χ3n) is 5.05. The van der Waals surface area contributed by atoms with Gasteiger partial charge in [0.25, 0.3) is 5.56 Å². The maximum Gasteiger partial charge on any atom is 0.573 e. The maximum atomic E-state index is 13.4. The van der Waals surface area contributed by atoms with E-state index in [0.717, 1.165) is 0 Å². The molecule has 32 heavy (non-hydrogen) atoms. The fraction of sp³-hybridized carbons (Fsp3) is 0.0909. The summed E-state index contributed by atoms with van der Waals surface area (Å²) in [5, 5.41) is 0.750. The third kappa shape index (κ3) is 3.55. The average molecular weight is 478 g/mol. The van der Waals surface area contributed by atoms with Gasteiger partial charge in [-0.25, -0.2) is 4.98 Å². The molecular weight excluding hydrogens is 466 g/mol. The van der Waals surface area contributed by atoms with Crippen molar-refractivity contribution in [2.45, 2.75) is 12.9 Å². The molecule has 5 rings (SSSR count). The first kappa shape index (κ1) is 20.7. The molecule has 0 atom stereocenters. The Morgan fingerprint density at radius 3 is 2.47 bits per heavy atom. The normalized spacial score (nSPS) is 12.2. The fourth-order valence-electron chi connectivity index (χ4n) is 3.73. The largest absolute Gasteiger partial charge is 0.573 e. The standard InChI is InChI=1S/C22H12Cl2F3N3O2/c23-13-6-5-12(15(24)9-13)11-29-19-10-14(32-22(25,26)27)7-8-18(19)30-17-4-2-1-3-16(17)28-20(30)21(29)31/h1-10H,11H2. The summed E-state index contributed by atoms with van der Waals surface area (Å²) < 4.78 is 45.6. The minimum Gasteiger partial charge on any atom is -0.406 e. The Bertz CT molecular complexity index is 1570. The summed E-state index contributed by atoms with van der Waals surface area (Å²) in [6, 6.07) is 15.8. The van der Waals surface area contributed by atoms with Crippen molar-refractivity contribution >= 4 is 50.9 Å². The molecule has 162 valence electrons. The summed E-state index contributed by atoms with van der Waals surface area (Å²) in [7, 11) is 0. The average Bonchev–Trinajstić information content (AvgIpc) is 3.11. The quantitative estimate of drug-likeness (QED) is 0.317. The van der Waals surface area contributed by atoms with Crippen LogP contribution in [0.15, 0.2) is 65.5 Å². The van der Waals surface area contributed by atoms with Gasteiger partial charge >= 0.3 is 6.36 Å². The van der Waals surface area contributed by atoms with E-state index in [4.69, 9.17) is 23.2 Å². The number of aromatic nitrogens is 3.